The lowest BCUT2D eigenvalue weighted by atomic mass is 10.1. The third-order valence-corrected chi connectivity index (χ3v) is 7.29. The number of thioether (sulfide) groups is 1. The van der Waals surface area contributed by atoms with Crippen molar-refractivity contribution in [2.45, 2.75) is 29.8 Å². The highest BCUT2D eigenvalue weighted by Gasteiger charge is 2.39. The summed E-state index contributed by atoms with van der Waals surface area (Å²) in [6.07, 6.45) is -0.631. The van der Waals surface area contributed by atoms with Gasteiger partial charge in [-0.2, -0.15) is 0 Å². The molecule has 0 N–H and O–H groups in total. The first-order valence-electron chi connectivity index (χ1n) is 11.5. The molecule has 0 aliphatic carbocycles. The quantitative estimate of drug-likeness (QED) is 0.440. The van der Waals surface area contributed by atoms with Crippen LogP contribution in [0.2, 0.25) is 0 Å². The van der Waals surface area contributed by atoms with Crippen molar-refractivity contribution in [1.29, 1.82) is 0 Å². The molecule has 1 heterocycles. The zero-order valence-corrected chi connectivity index (χ0v) is 21.0. The van der Waals surface area contributed by atoms with Gasteiger partial charge in [-0.05, 0) is 62.0 Å². The van der Waals surface area contributed by atoms with Gasteiger partial charge >= 0.3 is 0 Å². The minimum absolute atomic E-state index is 0.00583. The second-order valence-electron chi connectivity index (χ2n) is 8.79. The third-order valence-electron chi connectivity index (χ3n) is 5.93. The molecule has 178 valence electrons. The molecule has 1 aliphatic rings. The van der Waals surface area contributed by atoms with Crippen molar-refractivity contribution >= 4 is 23.4 Å². The number of carbonyl (C=O) groups excluding carboxylic acids is 1. The summed E-state index contributed by atoms with van der Waals surface area (Å²) >= 11 is 1.70. The number of ether oxygens (including phenoxy) is 2. The Morgan fingerprint density at radius 1 is 1.00 bits per heavy atom. The molecule has 0 fully saturated rings. The SMILES string of the molecule is COc1ccc([C@@H]2Sc3cc(C)ccc3N(CCN(C)C)C(=O)[C@@H]2OCc2ccccc2)cc1. The summed E-state index contributed by atoms with van der Waals surface area (Å²) in [4.78, 5) is 19.2. The van der Waals surface area contributed by atoms with Gasteiger partial charge in [-0.1, -0.05) is 48.5 Å². The molecule has 0 aromatic heterocycles. The van der Waals surface area contributed by atoms with E-state index in [1.807, 2.05) is 73.6 Å². The van der Waals surface area contributed by atoms with Crippen LogP contribution in [0.15, 0.2) is 77.7 Å². The van der Waals surface area contributed by atoms with Gasteiger partial charge in [0.15, 0.2) is 6.10 Å². The topological polar surface area (TPSA) is 42.0 Å². The highest BCUT2D eigenvalue weighted by molar-refractivity contribution is 7.99. The Hall–Kier alpha value is -2.80. The third kappa shape index (κ3) is 5.63. The van der Waals surface area contributed by atoms with E-state index in [1.54, 1.807) is 18.9 Å². The number of hydrogen-bond acceptors (Lipinski definition) is 5. The Bertz CT molecular complexity index is 1100. The lowest BCUT2D eigenvalue weighted by molar-refractivity contribution is -0.131. The summed E-state index contributed by atoms with van der Waals surface area (Å²) in [6.45, 7) is 3.83. The molecule has 0 unspecified atom stereocenters. The molecule has 0 saturated carbocycles. The van der Waals surface area contributed by atoms with E-state index >= 15 is 0 Å². The molecule has 6 heteroatoms. The number of carbonyl (C=O) groups is 1. The molecule has 0 saturated heterocycles. The van der Waals surface area contributed by atoms with Crippen LogP contribution in [0.5, 0.6) is 5.75 Å². The van der Waals surface area contributed by atoms with Gasteiger partial charge in [0.2, 0.25) is 0 Å². The highest BCUT2D eigenvalue weighted by atomic mass is 32.2. The van der Waals surface area contributed by atoms with Gasteiger partial charge < -0.3 is 19.3 Å². The highest BCUT2D eigenvalue weighted by Crippen LogP contribution is 2.47. The average molecular weight is 477 g/mol. The van der Waals surface area contributed by atoms with E-state index in [1.165, 1.54) is 5.56 Å². The molecule has 5 nitrogen and oxygen atoms in total. The molecule has 1 amide bonds. The number of fused-ring (bicyclic) bond motifs is 1. The molecule has 0 bridgehead atoms. The first-order valence-corrected chi connectivity index (χ1v) is 12.4. The van der Waals surface area contributed by atoms with Crippen LogP contribution in [0.25, 0.3) is 0 Å². The number of rotatable bonds is 8. The molecule has 0 radical (unpaired) electrons. The smallest absolute Gasteiger partial charge is 0.257 e. The minimum atomic E-state index is -0.631. The average Bonchev–Trinajstić information content (AvgIpc) is 2.95. The summed E-state index contributed by atoms with van der Waals surface area (Å²) in [5.41, 5.74) is 4.21. The Balaban J connectivity index is 1.75. The fourth-order valence-electron chi connectivity index (χ4n) is 4.03. The number of likely N-dealkylation sites (N-methyl/N-ethyl adjacent to an activating group) is 1. The molecule has 1 aliphatic heterocycles. The van der Waals surface area contributed by atoms with E-state index in [0.29, 0.717) is 13.2 Å². The molecular formula is C28H32N2O3S. The Labute approximate surface area is 206 Å². The predicted molar refractivity (Wildman–Crippen MR) is 139 cm³/mol. The number of aryl methyl sites for hydroxylation is 1. The van der Waals surface area contributed by atoms with Crippen molar-refractivity contribution in [3.63, 3.8) is 0 Å². The van der Waals surface area contributed by atoms with Crippen LogP contribution in [-0.2, 0) is 16.1 Å². The van der Waals surface area contributed by atoms with Gasteiger partial charge in [-0.3, -0.25) is 4.79 Å². The van der Waals surface area contributed by atoms with E-state index in [2.05, 4.69) is 30.0 Å². The van der Waals surface area contributed by atoms with Crippen LogP contribution in [-0.4, -0.2) is 51.2 Å². The molecule has 2 atom stereocenters. The van der Waals surface area contributed by atoms with Gasteiger partial charge in [0.25, 0.3) is 5.91 Å². The van der Waals surface area contributed by atoms with Crippen LogP contribution < -0.4 is 9.64 Å². The van der Waals surface area contributed by atoms with Crippen molar-refractivity contribution in [2.24, 2.45) is 0 Å². The molecular weight excluding hydrogens is 444 g/mol. The van der Waals surface area contributed by atoms with Crippen LogP contribution in [0.1, 0.15) is 21.9 Å². The summed E-state index contributed by atoms with van der Waals surface area (Å²) < 4.78 is 11.8. The number of hydrogen-bond donors (Lipinski definition) is 0. The second-order valence-corrected chi connectivity index (χ2v) is 9.98. The van der Waals surface area contributed by atoms with E-state index < -0.39 is 6.10 Å². The van der Waals surface area contributed by atoms with Gasteiger partial charge in [-0.15, -0.1) is 11.8 Å². The number of amides is 1. The predicted octanol–water partition coefficient (Wildman–Crippen LogP) is 5.33. The van der Waals surface area contributed by atoms with E-state index in [4.69, 9.17) is 9.47 Å². The van der Waals surface area contributed by atoms with Crippen LogP contribution in [0.3, 0.4) is 0 Å². The number of methoxy groups -OCH3 is 1. The maximum Gasteiger partial charge on any atom is 0.257 e. The first-order chi connectivity index (χ1) is 16.5. The largest absolute Gasteiger partial charge is 0.497 e. The number of anilines is 1. The van der Waals surface area contributed by atoms with Gasteiger partial charge in [0, 0.05) is 18.0 Å². The van der Waals surface area contributed by atoms with Crippen molar-refractivity contribution in [3.8, 4) is 5.75 Å². The van der Waals surface area contributed by atoms with Crippen molar-refractivity contribution in [1.82, 2.24) is 4.90 Å². The Morgan fingerprint density at radius 2 is 1.74 bits per heavy atom. The van der Waals surface area contributed by atoms with E-state index in [-0.39, 0.29) is 11.2 Å². The maximum absolute atomic E-state index is 14.1. The molecule has 3 aromatic rings. The first kappa shape index (κ1) is 24.3. The van der Waals surface area contributed by atoms with Crippen LogP contribution in [0, 0.1) is 6.92 Å². The molecule has 0 spiro atoms. The molecule has 3 aromatic carbocycles. The normalized spacial score (nSPS) is 18.0. The van der Waals surface area contributed by atoms with Gasteiger partial charge in [0.05, 0.1) is 24.7 Å². The minimum Gasteiger partial charge on any atom is -0.497 e. The van der Waals surface area contributed by atoms with Crippen molar-refractivity contribution in [3.05, 3.63) is 89.5 Å². The Kier molecular flexibility index (Phi) is 7.93. The standard InChI is InChI=1S/C28H32N2O3S/c1-20-10-15-24-25(18-20)34-27(22-11-13-23(32-4)14-12-22)26(28(31)30(24)17-16-29(2)3)33-19-21-8-6-5-7-9-21/h5-15,18,26-27H,16-17,19H2,1-4H3/t26-,27+/m1/s1. The zero-order valence-electron chi connectivity index (χ0n) is 20.2. The number of benzene rings is 3. The summed E-state index contributed by atoms with van der Waals surface area (Å²) in [5, 5.41) is -0.188. The lowest BCUT2D eigenvalue weighted by Crippen LogP contribution is -2.44. The van der Waals surface area contributed by atoms with E-state index in [0.717, 1.165) is 34.0 Å². The molecule has 34 heavy (non-hydrogen) atoms. The molecule has 4 rings (SSSR count). The second kappa shape index (κ2) is 11.1. The Morgan fingerprint density at radius 3 is 2.41 bits per heavy atom. The van der Waals surface area contributed by atoms with Crippen molar-refractivity contribution < 1.29 is 14.3 Å². The summed E-state index contributed by atoms with van der Waals surface area (Å²) in [7, 11) is 5.71. The monoisotopic (exact) mass is 476 g/mol. The maximum atomic E-state index is 14.1. The van der Waals surface area contributed by atoms with Crippen LogP contribution >= 0.6 is 11.8 Å². The van der Waals surface area contributed by atoms with Gasteiger partial charge in [0.1, 0.15) is 5.75 Å². The fourth-order valence-corrected chi connectivity index (χ4v) is 5.46. The summed E-state index contributed by atoms with van der Waals surface area (Å²) in [5.74, 6) is 0.785. The van der Waals surface area contributed by atoms with Crippen LogP contribution in [0.4, 0.5) is 5.69 Å². The lowest BCUT2D eigenvalue weighted by Gasteiger charge is -2.29. The van der Waals surface area contributed by atoms with Gasteiger partial charge in [-0.25, -0.2) is 0 Å². The summed E-state index contributed by atoms with van der Waals surface area (Å²) in [6, 6.07) is 24.3. The van der Waals surface area contributed by atoms with E-state index in [9.17, 15) is 4.79 Å². The fraction of sp³-hybridized carbons (Fsp3) is 0.321. The van der Waals surface area contributed by atoms with Crippen molar-refractivity contribution in [2.75, 3.05) is 39.2 Å². The zero-order chi connectivity index (χ0) is 24.1. The number of nitrogens with zero attached hydrogens (tertiary/aromatic N) is 2.